The van der Waals surface area contributed by atoms with E-state index in [-0.39, 0.29) is 11.0 Å². The molecule has 2 rings (SSSR count). The standard InChI is InChI=1S/C18H17IN2O2S/c1-3-10-23-16-7-5-4-6-15(16)20-18(24)21-17(22)13-9-8-12(2)14(19)11-13/h3-9,11H,1,10H2,2H3,(H2,20,21,22,24). The quantitative estimate of drug-likeness (QED) is 0.404. The SMILES string of the molecule is C=CCOc1ccccc1NC(=S)NC(=O)c1ccc(C)c(I)c1. The number of ether oxygens (including phenoxy) is 1. The fourth-order valence-corrected chi connectivity index (χ4v) is 2.63. The monoisotopic (exact) mass is 452 g/mol. The molecule has 0 unspecified atom stereocenters. The van der Waals surface area contributed by atoms with Crippen molar-refractivity contribution < 1.29 is 9.53 Å². The van der Waals surface area contributed by atoms with E-state index in [9.17, 15) is 4.79 Å². The van der Waals surface area contributed by atoms with E-state index >= 15 is 0 Å². The number of carbonyl (C=O) groups excluding carboxylic acids is 1. The van der Waals surface area contributed by atoms with Crippen LogP contribution in [0.5, 0.6) is 5.75 Å². The minimum Gasteiger partial charge on any atom is -0.487 e. The van der Waals surface area contributed by atoms with Crippen LogP contribution in [0.4, 0.5) is 5.69 Å². The van der Waals surface area contributed by atoms with Gasteiger partial charge in [0.2, 0.25) is 0 Å². The summed E-state index contributed by atoms with van der Waals surface area (Å²) >= 11 is 7.42. The highest BCUT2D eigenvalue weighted by atomic mass is 127. The number of hydrogen-bond acceptors (Lipinski definition) is 3. The number of anilines is 1. The van der Waals surface area contributed by atoms with Gasteiger partial charge in [-0.15, -0.1) is 0 Å². The molecular weight excluding hydrogens is 435 g/mol. The highest BCUT2D eigenvalue weighted by Gasteiger charge is 2.11. The summed E-state index contributed by atoms with van der Waals surface area (Å²) in [6, 6.07) is 12.9. The molecular formula is C18H17IN2O2S. The van der Waals surface area contributed by atoms with E-state index < -0.39 is 0 Å². The Kier molecular flexibility index (Phi) is 6.74. The summed E-state index contributed by atoms with van der Waals surface area (Å²) in [4.78, 5) is 12.3. The van der Waals surface area contributed by atoms with Gasteiger partial charge in [0, 0.05) is 9.13 Å². The number of nitrogens with one attached hydrogen (secondary N) is 2. The van der Waals surface area contributed by atoms with E-state index in [4.69, 9.17) is 17.0 Å². The van der Waals surface area contributed by atoms with Gasteiger partial charge in [-0.05, 0) is 71.6 Å². The van der Waals surface area contributed by atoms with E-state index in [1.54, 1.807) is 12.1 Å². The van der Waals surface area contributed by atoms with E-state index in [1.807, 2.05) is 43.3 Å². The molecule has 0 saturated heterocycles. The van der Waals surface area contributed by atoms with Gasteiger partial charge in [0.15, 0.2) is 5.11 Å². The molecule has 2 aromatic rings. The topological polar surface area (TPSA) is 50.4 Å². The summed E-state index contributed by atoms with van der Waals surface area (Å²) < 4.78 is 6.58. The maximum atomic E-state index is 12.3. The normalized spacial score (nSPS) is 9.92. The summed E-state index contributed by atoms with van der Waals surface area (Å²) in [5.41, 5.74) is 2.37. The first kappa shape index (κ1) is 18.4. The number of benzene rings is 2. The van der Waals surface area contributed by atoms with E-state index in [0.717, 1.165) is 9.13 Å². The first-order valence-corrected chi connectivity index (χ1v) is 8.71. The number of rotatable bonds is 5. The second kappa shape index (κ2) is 8.79. The van der Waals surface area contributed by atoms with Gasteiger partial charge in [-0.25, -0.2) is 0 Å². The molecule has 0 aromatic heterocycles. The van der Waals surface area contributed by atoms with Crippen molar-refractivity contribution in [3.8, 4) is 5.75 Å². The number of thiocarbonyl (C=S) groups is 1. The van der Waals surface area contributed by atoms with Crippen molar-refractivity contribution in [3.63, 3.8) is 0 Å². The highest BCUT2D eigenvalue weighted by molar-refractivity contribution is 14.1. The maximum Gasteiger partial charge on any atom is 0.257 e. The molecule has 2 aromatic carbocycles. The van der Waals surface area contributed by atoms with Gasteiger partial charge in [-0.1, -0.05) is 30.9 Å². The molecule has 124 valence electrons. The summed E-state index contributed by atoms with van der Waals surface area (Å²) in [7, 11) is 0. The molecule has 6 heteroatoms. The predicted octanol–water partition coefficient (Wildman–Crippen LogP) is 4.29. The second-order valence-corrected chi connectivity index (χ2v) is 6.54. The van der Waals surface area contributed by atoms with Crippen LogP contribution in [0, 0.1) is 10.5 Å². The van der Waals surface area contributed by atoms with Crippen LogP contribution >= 0.6 is 34.8 Å². The molecule has 0 atom stereocenters. The largest absolute Gasteiger partial charge is 0.487 e. The zero-order valence-corrected chi connectivity index (χ0v) is 16.1. The van der Waals surface area contributed by atoms with Crippen LogP contribution in [-0.4, -0.2) is 17.6 Å². The number of carbonyl (C=O) groups is 1. The fourth-order valence-electron chi connectivity index (χ4n) is 1.91. The third-order valence-corrected chi connectivity index (χ3v) is 4.52. The van der Waals surface area contributed by atoms with E-state index in [2.05, 4.69) is 39.8 Å². The Morgan fingerprint density at radius 2 is 2.08 bits per heavy atom. The van der Waals surface area contributed by atoms with Gasteiger partial charge in [0.1, 0.15) is 12.4 Å². The Balaban J connectivity index is 2.04. The van der Waals surface area contributed by atoms with Gasteiger partial charge in [0.05, 0.1) is 5.69 Å². The summed E-state index contributed by atoms with van der Waals surface area (Å²) in [6.45, 7) is 6.01. The minimum absolute atomic E-state index is 0.213. The fraction of sp³-hybridized carbons (Fsp3) is 0.111. The molecule has 0 radical (unpaired) electrons. The van der Waals surface area contributed by atoms with Crippen molar-refractivity contribution in [1.82, 2.24) is 5.32 Å². The van der Waals surface area contributed by atoms with Gasteiger partial charge < -0.3 is 10.1 Å². The Morgan fingerprint density at radius 1 is 1.33 bits per heavy atom. The third-order valence-electron chi connectivity index (χ3n) is 3.15. The first-order valence-electron chi connectivity index (χ1n) is 7.22. The van der Waals surface area contributed by atoms with Crippen molar-refractivity contribution in [2.24, 2.45) is 0 Å². The van der Waals surface area contributed by atoms with Crippen LogP contribution < -0.4 is 15.4 Å². The zero-order chi connectivity index (χ0) is 17.5. The summed E-state index contributed by atoms with van der Waals surface area (Å²) in [5.74, 6) is 0.383. The van der Waals surface area contributed by atoms with Crippen LogP contribution in [0.3, 0.4) is 0 Å². The lowest BCUT2D eigenvalue weighted by Crippen LogP contribution is -2.34. The zero-order valence-electron chi connectivity index (χ0n) is 13.1. The molecule has 0 aliphatic carbocycles. The molecule has 24 heavy (non-hydrogen) atoms. The molecule has 0 spiro atoms. The van der Waals surface area contributed by atoms with Crippen molar-refractivity contribution in [2.45, 2.75) is 6.92 Å². The Morgan fingerprint density at radius 3 is 2.79 bits per heavy atom. The Bertz CT molecular complexity index is 777. The first-order chi connectivity index (χ1) is 11.5. The molecule has 0 bridgehead atoms. The number of aryl methyl sites for hydroxylation is 1. The molecule has 0 saturated carbocycles. The number of para-hydroxylation sites is 2. The minimum atomic E-state index is -0.255. The van der Waals surface area contributed by atoms with Gasteiger partial charge in [0.25, 0.3) is 5.91 Å². The van der Waals surface area contributed by atoms with Gasteiger partial charge in [-0.2, -0.15) is 0 Å². The van der Waals surface area contributed by atoms with Crippen molar-refractivity contribution >= 4 is 51.5 Å². The second-order valence-electron chi connectivity index (χ2n) is 4.97. The van der Waals surface area contributed by atoms with Gasteiger partial charge >= 0.3 is 0 Å². The van der Waals surface area contributed by atoms with E-state index in [1.165, 1.54) is 0 Å². The summed E-state index contributed by atoms with van der Waals surface area (Å²) in [6.07, 6.45) is 1.66. The number of halogens is 1. The maximum absolute atomic E-state index is 12.3. The predicted molar refractivity (Wildman–Crippen MR) is 110 cm³/mol. The lowest BCUT2D eigenvalue weighted by molar-refractivity contribution is 0.0977. The van der Waals surface area contributed by atoms with Crippen LogP contribution in [0.15, 0.2) is 55.1 Å². The Hall–Kier alpha value is -1.93. The Labute approximate surface area is 160 Å². The average molecular weight is 452 g/mol. The molecule has 1 amide bonds. The molecule has 2 N–H and O–H groups in total. The highest BCUT2D eigenvalue weighted by Crippen LogP contribution is 2.23. The van der Waals surface area contributed by atoms with Crippen molar-refractivity contribution in [2.75, 3.05) is 11.9 Å². The van der Waals surface area contributed by atoms with Crippen LogP contribution in [0.1, 0.15) is 15.9 Å². The van der Waals surface area contributed by atoms with E-state index in [0.29, 0.717) is 23.6 Å². The number of amides is 1. The van der Waals surface area contributed by atoms with Crippen LogP contribution in [0.25, 0.3) is 0 Å². The lowest BCUT2D eigenvalue weighted by Gasteiger charge is -2.13. The average Bonchev–Trinajstić information content (AvgIpc) is 2.56. The lowest BCUT2D eigenvalue weighted by atomic mass is 10.1. The molecule has 0 aliphatic rings. The van der Waals surface area contributed by atoms with Crippen molar-refractivity contribution in [3.05, 3.63) is 69.8 Å². The number of hydrogen-bond donors (Lipinski definition) is 2. The van der Waals surface area contributed by atoms with Crippen LogP contribution in [-0.2, 0) is 0 Å². The van der Waals surface area contributed by atoms with Crippen LogP contribution in [0.2, 0.25) is 0 Å². The third kappa shape index (κ3) is 5.04. The molecule has 0 fully saturated rings. The smallest absolute Gasteiger partial charge is 0.257 e. The van der Waals surface area contributed by atoms with Gasteiger partial charge in [-0.3, -0.25) is 10.1 Å². The molecule has 0 heterocycles. The van der Waals surface area contributed by atoms with Crippen molar-refractivity contribution in [1.29, 1.82) is 0 Å². The summed E-state index contributed by atoms with van der Waals surface area (Å²) in [5, 5.41) is 5.87. The molecule has 4 nitrogen and oxygen atoms in total. The molecule has 0 aliphatic heterocycles.